The summed E-state index contributed by atoms with van der Waals surface area (Å²) < 4.78 is 0. The molecule has 0 bridgehead atoms. The number of hydrogen-bond acceptors (Lipinski definition) is 3. The van der Waals surface area contributed by atoms with Crippen LogP contribution in [-0.4, -0.2) is 15.0 Å². The van der Waals surface area contributed by atoms with Crippen molar-refractivity contribution in [2.75, 3.05) is 0 Å². The Morgan fingerprint density at radius 2 is 1.07 bits per heavy atom. The molecule has 3 nitrogen and oxygen atoms in total. The minimum absolute atomic E-state index is 0.834. The Kier molecular flexibility index (Phi) is 4.84. The van der Waals surface area contributed by atoms with Crippen molar-refractivity contribution in [3.63, 3.8) is 0 Å². The minimum atomic E-state index is 0.834. The van der Waals surface area contributed by atoms with E-state index >= 15 is 0 Å². The summed E-state index contributed by atoms with van der Waals surface area (Å²) in [6, 6.07) is 34.9. The lowest BCUT2D eigenvalue weighted by atomic mass is 9.98. The zero-order valence-corrected chi connectivity index (χ0v) is 16.3. The Labute approximate surface area is 175 Å². The van der Waals surface area contributed by atoms with Crippen LogP contribution in [0.1, 0.15) is 0 Å². The lowest BCUT2D eigenvalue weighted by Crippen LogP contribution is -1.94. The Balaban J connectivity index is 1.54. The van der Waals surface area contributed by atoms with Crippen LogP contribution in [-0.2, 0) is 0 Å². The fourth-order valence-corrected chi connectivity index (χ4v) is 3.54. The van der Waals surface area contributed by atoms with Gasteiger partial charge in [-0.15, -0.1) is 0 Å². The second-order valence-corrected chi connectivity index (χ2v) is 6.97. The van der Waals surface area contributed by atoms with E-state index in [1.807, 2.05) is 54.7 Å². The van der Waals surface area contributed by atoms with E-state index in [1.54, 1.807) is 6.20 Å². The van der Waals surface area contributed by atoms with Gasteiger partial charge in [-0.3, -0.25) is 9.97 Å². The molecule has 0 aliphatic heterocycles. The second kappa shape index (κ2) is 8.10. The smallest absolute Gasteiger partial charge is 0.0964 e. The van der Waals surface area contributed by atoms with Gasteiger partial charge in [0, 0.05) is 18.0 Å². The third-order valence-corrected chi connectivity index (χ3v) is 5.03. The molecule has 0 N–H and O–H groups in total. The predicted octanol–water partition coefficient (Wildman–Crippen LogP) is 6.54. The van der Waals surface area contributed by atoms with Gasteiger partial charge in [-0.1, -0.05) is 72.8 Å². The maximum absolute atomic E-state index is 4.84. The molecule has 3 aromatic heterocycles. The maximum Gasteiger partial charge on any atom is 0.0964 e. The van der Waals surface area contributed by atoms with E-state index in [0.29, 0.717) is 0 Å². The van der Waals surface area contributed by atoms with E-state index in [0.717, 1.165) is 33.9 Å². The van der Waals surface area contributed by atoms with Gasteiger partial charge in [0.2, 0.25) is 0 Å². The van der Waals surface area contributed by atoms with Crippen LogP contribution in [0.2, 0.25) is 0 Å². The van der Waals surface area contributed by atoms with Crippen molar-refractivity contribution >= 4 is 0 Å². The van der Waals surface area contributed by atoms with Gasteiger partial charge < -0.3 is 0 Å². The molecular weight excluding hydrogens is 366 g/mol. The highest BCUT2D eigenvalue weighted by atomic mass is 14.8. The highest BCUT2D eigenvalue weighted by Gasteiger charge is 2.11. The Morgan fingerprint density at radius 1 is 0.400 bits per heavy atom. The van der Waals surface area contributed by atoms with Crippen molar-refractivity contribution in [1.29, 1.82) is 0 Å². The third-order valence-electron chi connectivity index (χ3n) is 5.03. The van der Waals surface area contributed by atoms with Gasteiger partial charge >= 0.3 is 0 Å². The van der Waals surface area contributed by atoms with Gasteiger partial charge in [0.15, 0.2) is 0 Å². The normalized spacial score (nSPS) is 10.7. The molecule has 0 unspecified atom stereocenters. The predicted molar refractivity (Wildman–Crippen MR) is 122 cm³/mol. The molecule has 0 amide bonds. The SMILES string of the molecule is c1ccc(-c2ccc(-c3cccnc3-c3cccc(-c4ccccn4)n3)cc2)cc1. The number of hydrogen-bond donors (Lipinski definition) is 0. The molecule has 142 valence electrons. The summed E-state index contributed by atoms with van der Waals surface area (Å²) in [5.41, 5.74) is 7.96. The quantitative estimate of drug-likeness (QED) is 0.352. The Bertz CT molecular complexity index is 1260. The fourth-order valence-electron chi connectivity index (χ4n) is 3.54. The van der Waals surface area contributed by atoms with E-state index in [9.17, 15) is 0 Å². The molecule has 0 aliphatic rings. The molecule has 5 aromatic rings. The highest BCUT2D eigenvalue weighted by Crippen LogP contribution is 2.31. The number of pyridine rings is 3. The molecule has 0 saturated heterocycles. The zero-order valence-electron chi connectivity index (χ0n) is 16.3. The van der Waals surface area contributed by atoms with E-state index in [4.69, 9.17) is 4.98 Å². The maximum atomic E-state index is 4.84. The molecule has 3 heteroatoms. The summed E-state index contributed by atoms with van der Waals surface area (Å²) in [6.45, 7) is 0. The molecule has 3 heterocycles. The Hall–Kier alpha value is -4.11. The number of aromatic nitrogens is 3. The summed E-state index contributed by atoms with van der Waals surface area (Å²) in [7, 11) is 0. The number of nitrogens with zero attached hydrogens (tertiary/aromatic N) is 3. The highest BCUT2D eigenvalue weighted by molar-refractivity contribution is 5.81. The van der Waals surface area contributed by atoms with Gasteiger partial charge in [0.1, 0.15) is 0 Å². The summed E-state index contributed by atoms with van der Waals surface area (Å²) in [6.07, 6.45) is 3.59. The summed E-state index contributed by atoms with van der Waals surface area (Å²) in [5, 5.41) is 0. The second-order valence-electron chi connectivity index (χ2n) is 6.97. The first-order chi connectivity index (χ1) is 14.9. The summed E-state index contributed by atoms with van der Waals surface area (Å²) >= 11 is 0. The summed E-state index contributed by atoms with van der Waals surface area (Å²) in [5.74, 6) is 0. The van der Waals surface area contributed by atoms with Crippen molar-refractivity contribution in [3.8, 4) is 45.0 Å². The molecule has 30 heavy (non-hydrogen) atoms. The van der Waals surface area contributed by atoms with Crippen LogP contribution in [0, 0.1) is 0 Å². The first kappa shape index (κ1) is 18.0. The van der Waals surface area contributed by atoms with Gasteiger partial charge in [0.05, 0.1) is 22.8 Å². The van der Waals surface area contributed by atoms with E-state index in [1.165, 1.54) is 11.1 Å². The van der Waals surface area contributed by atoms with Crippen molar-refractivity contribution < 1.29 is 0 Å². The van der Waals surface area contributed by atoms with Crippen molar-refractivity contribution in [2.45, 2.75) is 0 Å². The lowest BCUT2D eigenvalue weighted by Gasteiger charge is -2.10. The first-order valence-electron chi connectivity index (χ1n) is 9.88. The largest absolute Gasteiger partial charge is 0.255 e. The molecule has 0 saturated carbocycles. The standard InChI is InChI=1S/C27H19N3/c1-2-8-20(9-3-1)21-14-16-22(17-15-21)23-10-7-19-29-27(23)26-13-6-12-25(30-26)24-11-4-5-18-28-24/h1-19H. The van der Waals surface area contributed by atoms with Crippen LogP contribution < -0.4 is 0 Å². The fraction of sp³-hybridized carbons (Fsp3) is 0. The van der Waals surface area contributed by atoms with Crippen molar-refractivity contribution in [3.05, 3.63) is 116 Å². The van der Waals surface area contributed by atoms with Crippen LogP contribution in [0.3, 0.4) is 0 Å². The van der Waals surface area contributed by atoms with Crippen molar-refractivity contribution in [1.82, 2.24) is 15.0 Å². The minimum Gasteiger partial charge on any atom is -0.255 e. The van der Waals surface area contributed by atoms with E-state index in [2.05, 4.69) is 64.6 Å². The van der Waals surface area contributed by atoms with E-state index in [-0.39, 0.29) is 0 Å². The molecule has 0 radical (unpaired) electrons. The Morgan fingerprint density at radius 3 is 1.87 bits per heavy atom. The molecule has 2 aromatic carbocycles. The average Bonchev–Trinajstić information content (AvgIpc) is 2.85. The van der Waals surface area contributed by atoms with Crippen LogP contribution in [0.4, 0.5) is 0 Å². The first-order valence-corrected chi connectivity index (χ1v) is 9.88. The average molecular weight is 385 g/mol. The molecular formula is C27H19N3. The van der Waals surface area contributed by atoms with Crippen molar-refractivity contribution in [2.24, 2.45) is 0 Å². The molecule has 0 atom stereocenters. The zero-order chi connectivity index (χ0) is 20.2. The van der Waals surface area contributed by atoms with Crippen LogP contribution in [0.5, 0.6) is 0 Å². The van der Waals surface area contributed by atoms with Gasteiger partial charge in [0.25, 0.3) is 0 Å². The lowest BCUT2D eigenvalue weighted by molar-refractivity contribution is 1.22. The summed E-state index contributed by atoms with van der Waals surface area (Å²) in [4.78, 5) is 13.9. The van der Waals surface area contributed by atoms with Gasteiger partial charge in [-0.2, -0.15) is 0 Å². The molecule has 0 spiro atoms. The number of benzene rings is 2. The van der Waals surface area contributed by atoms with Gasteiger partial charge in [-0.25, -0.2) is 4.98 Å². The molecule has 0 aliphatic carbocycles. The third kappa shape index (κ3) is 3.61. The van der Waals surface area contributed by atoms with E-state index < -0.39 is 0 Å². The van der Waals surface area contributed by atoms with Crippen LogP contribution >= 0.6 is 0 Å². The topological polar surface area (TPSA) is 38.7 Å². The number of rotatable bonds is 4. The van der Waals surface area contributed by atoms with Crippen LogP contribution in [0.15, 0.2) is 116 Å². The molecule has 5 rings (SSSR count). The molecule has 0 fully saturated rings. The van der Waals surface area contributed by atoms with Gasteiger partial charge in [-0.05, 0) is 47.0 Å². The monoisotopic (exact) mass is 385 g/mol. The van der Waals surface area contributed by atoms with Crippen LogP contribution in [0.25, 0.3) is 45.0 Å².